The second kappa shape index (κ2) is 6.74. The highest BCUT2D eigenvalue weighted by atomic mass is 32.1. The Kier molecular flexibility index (Phi) is 5.61. The van der Waals surface area contributed by atoms with Crippen molar-refractivity contribution in [3.8, 4) is 0 Å². The van der Waals surface area contributed by atoms with Gasteiger partial charge in [-0.25, -0.2) is 0 Å². The van der Waals surface area contributed by atoms with E-state index < -0.39 is 6.10 Å². The lowest BCUT2D eigenvalue weighted by Gasteiger charge is -2.23. The van der Waals surface area contributed by atoms with Gasteiger partial charge < -0.3 is 14.7 Å². The van der Waals surface area contributed by atoms with Crippen molar-refractivity contribution in [2.24, 2.45) is 0 Å². The molecule has 0 fully saturated rings. The van der Waals surface area contributed by atoms with Crippen LogP contribution in [0.1, 0.15) is 18.4 Å². The molecule has 0 spiro atoms. The van der Waals surface area contributed by atoms with Gasteiger partial charge in [-0.3, -0.25) is 4.79 Å². The molecule has 1 rings (SSSR count). The number of hydrogen-bond acceptors (Lipinski definition) is 4. The second-order valence-electron chi connectivity index (χ2n) is 4.11. The number of methoxy groups -OCH3 is 1. The molecule has 0 aliphatic rings. The molecule has 0 bridgehead atoms. The fraction of sp³-hybridized carbons (Fsp3) is 0.583. The first-order chi connectivity index (χ1) is 8.06. The van der Waals surface area contributed by atoms with Crippen LogP contribution >= 0.6 is 11.3 Å². The van der Waals surface area contributed by atoms with Crippen molar-refractivity contribution in [2.75, 3.05) is 27.3 Å². The summed E-state index contributed by atoms with van der Waals surface area (Å²) in [7, 11) is 3.23. The molecule has 1 heterocycles. The van der Waals surface area contributed by atoms with Crippen LogP contribution in [-0.2, 0) is 9.53 Å². The van der Waals surface area contributed by atoms with Crippen LogP contribution in [-0.4, -0.2) is 49.3 Å². The van der Waals surface area contributed by atoms with Crippen LogP contribution < -0.4 is 0 Å². The van der Waals surface area contributed by atoms with E-state index in [1.165, 1.54) is 7.11 Å². The summed E-state index contributed by atoms with van der Waals surface area (Å²) in [4.78, 5) is 13.6. The molecule has 1 aromatic heterocycles. The molecule has 0 aliphatic carbocycles. The number of aliphatic hydroxyl groups is 1. The molecule has 5 heteroatoms. The van der Waals surface area contributed by atoms with Crippen LogP contribution in [0.4, 0.5) is 0 Å². The first kappa shape index (κ1) is 14.2. The number of carbonyl (C=O) groups is 1. The van der Waals surface area contributed by atoms with E-state index in [-0.39, 0.29) is 18.4 Å². The Morgan fingerprint density at radius 1 is 1.65 bits per heavy atom. The Labute approximate surface area is 106 Å². The summed E-state index contributed by atoms with van der Waals surface area (Å²) in [6.45, 7) is 2.41. The molecule has 0 aromatic carbocycles. The van der Waals surface area contributed by atoms with E-state index in [1.54, 1.807) is 23.3 Å². The number of aliphatic hydroxyl groups excluding tert-OH is 1. The molecule has 1 amide bonds. The second-order valence-corrected chi connectivity index (χ2v) is 4.89. The predicted molar refractivity (Wildman–Crippen MR) is 68.3 cm³/mol. The maximum atomic E-state index is 12.1. The number of ether oxygens (including phenoxy) is 1. The summed E-state index contributed by atoms with van der Waals surface area (Å²) in [5.74, 6) is -0.153. The minimum absolute atomic E-state index is 0.0125. The first-order valence-electron chi connectivity index (χ1n) is 5.50. The molecular weight excluding hydrogens is 238 g/mol. The van der Waals surface area contributed by atoms with Crippen LogP contribution in [0.15, 0.2) is 16.8 Å². The number of thiophene rings is 1. The molecule has 96 valence electrons. The molecule has 0 unspecified atom stereocenters. The Morgan fingerprint density at radius 3 is 2.88 bits per heavy atom. The zero-order valence-corrected chi connectivity index (χ0v) is 11.2. The number of likely N-dealkylation sites (N-methyl/N-ethyl adjacent to an activating group) is 1. The van der Waals surface area contributed by atoms with Crippen molar-refractivity contribution in [3.63, 3.8) is 0 Å². The molecule has 1 aromatic rings. The molecule has 1 N–H and O–H groups in total. The Bertz CT molecular complexity index is 340. The van der Waals surface area contributed by atoms with Crippen LogP contribution in [0.5, 0.6) is 0 Å². The lowest BCUT2D eigenvalue weighted by atomic mass is 10.0. The zero-order chi connectivity index (χ0) is 12.8. The van der Waals surface area contributed by atoms with Gasteiger partial charge in [0.1, 0.15) is 0 Å². The number of rotatable bonds is 6. The van der Waals surface area contributed by atoms with E-state index in [0.717, 1.165) is 5.56 Å². The third-order valence-corrected chi connectivity index (χ3v) is 3.33. The van der Waals surface area contributed by atoms with Gasteiger partial charge in [0.25, 0.3) is 0 Å². The van der Waals surface area contributed by atoms with E-state index in [4.69, 9.17) is 4.74 Å². The molecular formula is C12H19NO3S. The maximum Gasteiger partial charge on any atom is 0.229 e. The Balaban J connectivity index is 2.52. The highest BCUT2D eigenvalue weighted by molar-refractivity contribution is 7.08. The smallest absolute Gasteiger partial charge is 0.229 e. The summed E-state index contributed by atoms with van der Waals surface area (Å²) < 4.78 is 4.83. The number of hydrogen-bond donors (Lipinski definition) is 1. The van der Waals surface area contributed by atoms with Crippen molar-refractivity contribution in [1.29, 1.82) is 0 Å². The van der Waals surface area contributed by atoms with Crippen LogP contribution in [0.2, 0.25) is 0 Å². The summed E-state index contributed by atoms with van der Waals surface area (Å²) in [6, 6.07) is 1.95. The third-order valence-electron chi connectivity index (χ3n) is 2.63. The van der Waals surface area contributed by atoms with Crippen LogP contribution in [0, 0.1) is 0 Å². The normalized spacial score (nSPS) is 14.4. The molecule has 0 saturated heterocycles. The molecule has 4 nitrogen and oxygen atoms in total. The minimum Gasteiger partial charge on any atom is -0.389 e. The lowest BCUT2D eigenvalue weighted by molar-refractivity contribution is -0.132. The maximum absolute atomic E-state index is 12.1. The van der Waals surface area contributed by atoms with Crippen LogP contribution in [0.3, 0.4) is 0 Å². The van der Waals surface area contributed by atoms with E-state index in [9.17, 15) is 9.90 Å². The van der Waals surface area contributed by atoms with E-state index in [1.807, 2.05) is 23.8 Å². The monoisotopic (exact) mass is 257 g/mol. The summed E-state index contributed by atoms with van der Waals surface area (Å²) >= 11 is 1.58. The van der Waals surface area contributed by atoms with Gasteiger partial charge in [0.2, 0.25) is 5.91 Å². The van der Waals surface area contributed by atoms with Crippen LogP contribution in [0.25, 0.3) is 0 Å². The minimum atomic E-state index is -0.636. The highest BCUT2D eigenvalue weighted by Gasteiger charge is 2.21. The number of amides is 1. The number of nitrogens with zero attached hydrogens (tertiary/aromatic N) is 1. The standard InChI is InChI=1S/C12H19NO3S/c1-9(10-4-5-17-8-10)12(15)13(2)6-11(14)7-16-3/h4-5,8-9,11,14H,6-7H2,1-3H3/t9-,11-/m0/s1. The summed E-state index contributed by atoms with van der Waals surface area (Å²) in [6.07, 6.45) is -0.636. The van der Waals surface area contributed by atoms with Gasteiger partial charge in [0.15, 0.2) is 0 Å². The summed E-state index contributed by atoms with van der Waals surface area (Å²) in [5.41, 5.74) is 1.02. The van der Waals surface area contributed by atoms with Crippen molar-refractivity contribution in [3.05, 3.63) is 22.4 Å². The predicted octanol–water partition coefficient (Wildman–Crippen LogP) is 1.32. The summed E-state index contributed by atoms with van der Waals surface area (Å²) in [5, 5.41) is 13.5. The van der Waals surface area contributed by atoms with Gasteiger partial charge in [-0.1, -0.05) is 0 Å². The van der Waals surface area contributed by atoms with E-state index >= 15 is 0 Å². The van der Waals surface area contributed by atoms with Crippen molar-refractivity contribution in [1.82, 2.24) is 4.90 Å². The molecule has 0 aliphatic heterocycles. The zero-order valence-electron chi connectivity index (χ0n) is 10.4. The Morgan fingerprint density at radius 2 is 2.35 bits per heavy atom. The van der Waals surface area contributed by atoms with Gasteiger partial charge in [-0.15, -0.1) is 0 Å². The van der Waals surface area contributed by atoms with Crippen molar-refractivity contribution in [2.45, 2.75) is 18.9 Å². The average molecular weight is 257 g/mol. The van der Waals surface area contributed by atoms with Gasteiger partial charge in [0.05, 0.1) is 18.6 Å². The molecule has 2 atom stereocenters. The SMILES string of the molecule is COC[C@@H](O)CN(C)C(=O)[C@@H](C)c1ccsc1. The van der Waals surface area contributed by atoms with Gasteiger partial charge in [-0.05, 0) is 29.3 Å². The molecule has 0 radical (unpaired) electrons. The van der Waals surface area contributed by atoms with E-state index in [2.05, 4.69) is 0 Å². The fourth-order valence-corrected chi connectivity index (χ4v) is 2.40. The lowest BCUT2D eigenvalue weighted by Crippen LogP contribution is -2.38. The number of carbonyl (C=O) groups excluding carboxylic acids is 1. The van der Waals surface area contributed by atoms with Gasteiger partial charge in [-0.2, -0.15) is 11.3 Å². The first-order valence-corrected chi connectivity index (χ1v) is 6.44. The Hall–Kier alpha value is -0.910. The average Bonchev–Trinajstić information content (AvgIpc) is 2.80. The topological polar surface area (TPSA) is 49.8 Å². The highest BCUT2D eigenvalue weighted by Crippen LogP contribution is 2.20. The van der Waals surface area contributed by atoms with Crippen molar-refractivity contribution >= 4 is 17.2 Å². The van der Waals surface area contributed by atoms with Crippen molar-refractivity contribution < 1.29 is 14.6 Å². The third kappa shape index (κ3) is 4.11. The fourth-order valence-electron chi connectivity index (χ4n) is 1.65. The largest absolute Gasteiger partial charge is 0.389 e. The van der Waals surface area contributed by atoms with Gasteiger partial charge in [0, 0.05) is 20.7 Å². The molecule has 17 heavy (non-hydrogen) atoms. The quantitative estimate of drug-likeness (QED) is 0.836. The molecule has 0 saturated carbocycles. The van der Waals surface area contributed by atoms with E-state index in [0.29, 0.717) is 6.54 Å². The van der Waals surface area contributed by atoms with Gasteiger partial charge >= 0.3 is 0 Å².